The van der Waals surface area contributed by atoms with Crippen LogP contribution in [0.2, 0.25) is 0 Å². The minimum atomic E-state index is -3.94. The van der Waals surface area contributed by atoms with Gasteiger partial charge in [0.15, 0.2) is 5.13 Å². The van der Waals surface area contributed by atoms with Gasteiger partial charge in [-0.15, -0.1) is 0 Å². The molecule has 1 heterocycles. The quantitative estimate of drug-likeness (QED) is 0.230. The van der Waals surface area contributed by atoms with E-state index in [2.05, 4.69) is 10.3 Å². The van der Waals surface area contributed by atoms with Crippen LogP contribution in [0.3, 0.4) is 0 Å². The Morgan fingerprint density at radius 3 is 2.42 bits per heavy atom. The molecule has 0 saturated heterocycles. The first-order valence-electron chi connectivity index (χ1n) is 12.9. The Hall–Kier alpha value is -3.51. The molecule has 0 saturated carbocycles. The van der Waals surface area contributed by atoms with Gasteiger partial charge in [0, 0.05) is 18.7 Å². The summed E-state index contributed by atoms with van der Waals surface area (Å²) in [6.07, 6.45) is -0.888. The molecule has 40 heavy (non-hydrogen) atoms. The number of amides is 1. The Morgan fingerprint density at radius 2 is 1.77 bits per heavy atom. The first-order valence-corrected chi connectivity index (χ1v) is 15.2. The van der Waals surface area contributed by atoms with Gasteiger partial charge in [0.25, 0.3) is 5.91 Å². The maximum Gasteiger partial charge on any atom is 0.251 e. The molecular weight excluding hydrogens is 548 g/mol. The number of hydrogen-bond acceptors (Lipinski definition) is 8. The van der Waals surface area contributed by atoms with E-state index in [1.165, 1.54) is 34.9 Å². The number of ether oxygens (including phenoxy) is 1. The molecule has 4 rings (SSSR count). The number of methoxy groups -OCH3 is 1. The van der Waals surface area contributed by atoms with Crippen molar-refractivity contribution in [3.63, 3.8) is 0 Å². The molecule has 0 radical (unpaired) electrons. The standard InChI is InChI=1S/C29H34N4O5S2/c1-19(2)17-33(40(36,37)23-12-10-22(38-3)11-13-23)18-26(34)25(15-20-7-5-4-6-8-20)31-28(35)21-9-14-24-27(16-21)39-29(30)32-24/h4-14,16,19,25-26,34H,15,17-18H2,1-3H3,(H2,30,32)(H,31,35)/t25-,26+/m0/s1. The van der Waals surface area contributed by atoms with E-state index < -0.39 is 22.2 Å². The van der Waals surface area contributed by atoms with Crippen molar-refractivity contribution in [2.24, 2.45) is 5.92 Å². The van der Waals surface area contributed by atoms with Crippen molar-refractivity contribution in [1.29, 1.82) is 0 Å². The Balaban J connectivity index is 1.60. The third-order valence-corrected chi connectivity index (χ3v) is 9.10. The zero-order chi connectivity index (χ0) is 28.9. The molecular formula is C29H34N4O5S2. The van der Waals surface area contributed by atoms with Crippen molar-refractivity contribution in [3.8, 4) is 5.75 Å². The van der Waals surface area contributed by atoms with E-state index in [4.69, 9.17) is 10.5 Å². The lowest BCUT2D eigenvalue weighted by Gasteiger charge is -2.31. The van der Waals surface area contributed by atoms with Crippen LogP contribution in [0, 0.1) is 5.92 Å². The third kappa shape index (κ3) is 7.16. The number of fused-ring (bicyclic) bond motifs is 1. The number of aliphatic hydroxyl groups excluding tert-OH is 1. The Bertz CT molecular complexity index is 1540. The molecule has 3 aromatic carbocycles. The highest BCUT2D eigenvalue weighted by molar-refractivity contribution is 7.89. The highest BCUT2D eigenvalue weighted by Crippen LogP contribution is 2.25. The van der Waals surface area contributed by atoms with Crippen LogP contribution in [0.4, 0.5) is 5.13 Å². The van der Waals surface area contributed by atoms with Crippen LogP contribution in [0.25, 0.3) is 10.2 Å². The highest BCUT2D eigenvalue weighted by atomic mass is 32.2. The molecule has 0 bridgehead atoms. The summed E-state index contributed by atoms with van der Waals surface area (Å²) in [5.74, 6) is 0.155. The van der Waals surface area contributed by atoms with E-state index in [-0.39, 0.29) is 29.8 Å². The molecule has 212 valence electrons. The zero-order valence-electron chi connectivity index (χ0n) is 22.7. The van der Waals surface area contributed by atoms with Crippen LogP contribution in [-0.4, -0.2) is 61.1 Å². The second kappa shape index (κ2) is 12.8. The van der Waals surface area contributed by atoms with Crippen LogP contribution in [0.15, 0.2) is 77.7 Å². The van der Waals surface area contributed by atoms with Crippen molar-refractivity contribution >= 4 is 42.6 Å². The van der Waals surface area contributed by atoms with E-state index in [1.807, 2.05) is 44.2 Å². The molecule has 1 amide bonds. The van der Waals surface area contributed by atoms with Crippen molar-refractivity contribution in [2.75, 3.05) is 25.9 Å². The highest BCUT2D eigenvalue weighted by Gasteiger charge is 2.31. The number of thiazole rings is 1. The van der Waals surface area contributed by atoms with Gasteiger partial charge in [-0.2, -0.15) is 4.31 Å². The van der Waals surface area contributed by atoms with E-state index in [0.29, 0.717) is 28.4 Å². The van der Waals surface area contributed by atoms with E-state index in [9.17, 15) is 18.3 Å². The van der Waals surface area contributed by atoms with Crippen LogP contribution in [0.5, 0.6) is 5.75 Å². The topological polar surface area (TPSA) is 135 Å². The number of benzene rings is 3. The maximum atomic E-state index is 13.6. The molecule has 0 spiro atoms. The van der Waals surface area contributed by atoms with E-state index in [0.717, 1.165) is 10.3 Å². The molecule has 2 atom stereocenters. The van der Waals surface area contributed by atoms with Gasteiger partial charge in [0.2, 0.25) is 10.0 Å². The number of hydrogen-bond donors (Lipinski definition) is 3. The number of rotatable bonds is 12. The zero-order valence-corrected chi connectivity index (χ0v) is 24.3. The van der Waals surface area contributed by atoms with Crippen molar-refractivity contribution < 1.29 is 23.1 Å². The van der Waals surface area contributed by atoms with Gasteiger partial charge in [-0.05, 0) is 60.4 Å². The normalized spacial score (nSPS) is 13.4. The third-order valence-electron chi connectivity index (χ3n) is 6.40. The SMILES string of the molecule is COc1ccc(S(=O)(=O)N(CC(C)C)C[C@@H](O)[C@H](Cc2ccccc2)NC(=O)c2ccc3nc(N)sc3c2)cc1. The molecule has 0 aliphatic carbocycles. The van der Waals surface area contributed by atoms with Crippen LogP contribution >= 0.6 is 11.3 Å². The lowest BCUT2D eigenvalue weighted by Crippen LogP contribution is -2.51. The van der Waals surface area contributed by atoms with Crippen molar-refractivity contribution in [2.45, 2.75) is 37.3 Å². The van der Waals surface area contributed by atoms with Gasteiger partial charge in [-0.25, -0.2) is 13.4 Å². The fourth-order valence-electron chi connectivity index (χ4n) is 4.40. The maximum absolute atomic E-state index is 13.6. The molecule has 0 aliphatic rings. The van der Waals surface area contributed by atoms with Crippen LogP contribution in [0.1, 0.15) is 29.8 Å². The number of sulfonamides is 1. The summed E-state index contributed by atoms with van der Waals surface area (Å²) in [6, 6.07) is 19.9. The van der Waals surface area contributed by atoms with Crippen LogP contribution in [-0.2, 0) is 16.4 Å². The summed E-state index contributed by atoms with van der Waals surface area (Å²) < 4.78 is 34.5. The summed E-state index contributed by atoms with van der Waals surface area (Å²) in [4.78, 5) is 17.7. The Labute approximate surface area is 238 Å². The number of aliphatic hydroxyl groups is 1. The summed E-state index contributed by atoms with van der Waals surface area (Å²) in [5.41, 5.74) is 7.80. The number of carbonyl (C=O) groups is 1. The molecule has 4 aromatic rings. The molecule has 0 aliphatic heterocycles. The number of carbonyl (C=O) groups excluding carboxylic acids is 1. The molecule has 4 N–H and O–H groups in total. The van der Waals surface area contributed by atoms with Gasteiger partial charge in [-0.1, -0.05) is 55.5 Å². The molecule has 9 nitrogen and oxygen atoms in total. The summed E-state index contributed by atoms with van der Waals surface area (Å²) in [6.45, 7) is 3.82. The molecule has 1 aromatic heterocycles. The van der Waals surface area contributed by atoms with Gasteiger partial charge >= 0.3 is 0 Å². The monoisotopic (exact) mass is 582 g/mol. The predicted molar refractivity (Wildman–Crippen MR) is 158 cm³/mol. The van der Waals surface area contributed by atoms with E-state index >= 15 is 0 Å². The second-order valence-electron chi connectivity index (χ2n) is 9.96. The number of nitrogen functional groups attached to an aromatic ring is 1. The first-order chi connectivity index (χ1) is 19.1. The summed E-state index contributed by atoms with van der Waals surface area (Å²) in [7, 11) is -2.43. The first kappa shape index (κ1) is 29.5. The lowest BCUT2D eigenvalue weighted by molar-refractivity contribution is 0.0776. The van der Waals surface area contributed by atoms with Crippen molar-refractivity contribution in [3.05, 3.63) is 83.9 Å². The number of aromatic nitrogens is 1. The van der Waals surface area contributed by atoms with Gasteiger partial charge in [0.05, 0.1) is 34.4 Å². The number of nitrogens with two attached hydrogens (primary N) is 1. The van der Waals surface area contributed by atoms with Crippen LogP contribution < -0.4 is 15.8 Å². The van der Waals surface area contributed by atoms with Gasteiger partial charge in [-0.3, -0.25) is 4.79 Å². The number of nitrogens with zero attached hydrogens (tertiary/aromatic N) is 2. The molecule has 11 heteroatoms. The summed E-state index contributed by atoms with van der Waals surface area (Å²) >= 11 is 1.28. The second-order valence-corrected chi connectivity index (χ2v) is 13.0. The Morgan fingerprint density at radius 1 is 1.07 bits per heavy atom. The minimum Gasteiger partial charge on any atom is -0.497 e. The minimum absolute atomic E-state index is 0.000886. The van der Waals surface area contributed by atoms with Gasteiger partial charge in [0.1, 0.15) is 5.75 Å². The fraction of sp³-hybridized carbons (Fsp3) is 0.310. The predicted octanol–water partition coefficient (Wildman–Crippen LogP) is 3.94. The smallest absolute Gasteiger partial charge is 0.251 e. The van der Waals surface area contributed by atoms with Gasteiger partial charge < -0.3 is 20.9 Å². The average molecular weight is 583 g/mol. The Kier molecular flexibility index (Phi) is 9.41. The lowest BCUT2D eigenvalue weighted by atomic mass is 10.00. The van der Waals surface area contributed by atoms with Crippen molar-refractivity contribution in [1.82, 2.24) is 14.6 Å². The van der Waals surface area contributed by atoms with E-state index in [1.54, 1.807) is 30.3 Å². The number of nitrogens with one attached hydrogen (secondary N) is 1. The fourth-order valence-corrected chi connectivity index (χ4v) is 6.79. The average Bonchev–Trinajstić information content (AvgIpc) is 3.31. The largest absolute Gasteiger partial charge is 0.497 e. The number of anilines is 1. The molecule has 0 fully saturated rings. The summed E-state index contributed by atoms with van der Waals surface area (Å²) in [5, 5.41) is 14.8. The molecule has 0 unspecified atom stereocenters.